The highest BCUT2D eigenvalue weighted by Gasteiger charge is 2.14. The minimum Gasteiger partial charge on any atom is -0.352 e. The van der Waals surface area contributed by atoms with Crippen molar-refractivity contribution in [1.82, 2.24) is 15.5 Å². The fraction of sp³-hybridized carbons (Fsp3) is 0.167. The smallest absolute Gasteiger partial charge is 0.257 e. The van der Waals surface area contributed by atoms with Crippen molar-refractivity contribution >= 4 is 28.4 Å². The minimum absolute atomic E-state index is 0.163. The van der Waals surface area contributed by atoms with E-state index in [9.17, 15) is 9.59 Å². The fourth-order valence-electron chi connectivity index (χ4n) is 2.51. The van der Waals surface area contributed by atoms with Gasteiger partial charge in [0.05, 0.1) is 17.3 Å². The van der Waals surface area contributed by atoms with Crippen molar-refractivity contribution in [3.63, 3.8) is 0 Å². The van der Waals surface area contributed by atoms with Crippen molar-refractivity contribution in [2.75, 3.05) is 11.9 Å². The monoisotopic (exact) mass is 322 g/mol. The molecule has 0 spiro atoms. The Morgan fingerprint density at radius 2 is 2.00 bits per heavy atom. The summed E-state index contributed by atoms with van der Waals surface area (Å²) in [5.41, 5.74) is 3.20. The lowest BCUT2D eigenvalue weighted by Gasteiger charge is -2.11. The van der Waals surface area contributed by atoms with E-state index in [-0.39, 0.29) is 11.8 Å². The van der Waals surface area contributed by atoms with E-state index in [1.807, 2.05) is 32.0 Å². The lowest BCUT2D eigenvalue weighted by molar-refractivity contribution is 0.0954. The summed E-state index contributed by atoms with van der Waals surface area (Å²) in [6, 6.07) is 10.7. The van der Waals surface area contributed by atoms with E-state index in [2.05, 4.69) is 20.8 Å². The second-order valence-corrected chi connectivity index (χ2v) is 5.48. The maximum atomic E-state index is 12.6. The van der Waals surface area contributed by atoms with Crippen molar-refractivity contribution in [3.05, 3.63) is 59.3 Å². The molecule has 2 amide bonds. The molecule has 0 radical (unpaired) electrons. The lowest BCUT2D eigenvalue weighted by Crippen LogP contribution is -2.23. The van der Waals surface area contributed by atoms with Gasteiger partial charge in [0.1, 0.15) is 0 Å². The third-order valence-corrected chi connectivity index (χ3v) is 3.81. The molecule has 6 nitrogen and oxygen atoms in total. The molecule has 0 saturated carbocycles. The van der Waals surface area contributed by atoms with Crippen LogP contribution in [-0.4, -0.2) is 28.6 Å². The molecule has 0 aliphatic carbocycles. The van der Waals surface area contributed by atoms with Gasteiger partial charge < -0.3 is 10.6 Å². The van der Waals surface area contributed by atoms with Crippen LogP contribution in [0.15, 0.2) is 42.6 Å². The Morgan fingerprint density at radius 1 is 1.17 bits per heavy atom. The van der Waals surface area contributed by atoms with Gasteiger partial charge in [0.25, 0.3) is 11.8 Å². The van der Waals surface area contributed by atoms with E-state index in [0.29, 0.717) is 28.9 Å². The predicted molar refractivity (Wildman–Crippen MR) is 93.2 cm³/mol. The summed E-state index contributed by atoms with van der Waals surface area (Å²) in [7, 11) is 0. The Hall–Kier alpha value is -3.15. The first-order chi connectivity index (χ1) is 11.6. The summed E-state index contributed by atoms with van der Waals surface area (Å²) >= 11 is 0. The topological polar surface area (TPSA) is 86.9 Å². The summed E-state index contributed by atoms with van der Waals surface area (Å²) in [5, 5.41) is 13.3. The highest BCUT2D eigenvalue weighted by atomic mass is 16.2. The molecule has 1 heterocycles. The second-order valence-electron chi connectivity index (χ2n) is 5.48. The Morgan fingerprint density at radius 3 is 2.79 bits per heavy atom. The Bertz CT molecular complexity index is 914. The Kier molecular flexibility index (Phi) is 4.29. The van der Waals surface area contributed by atoms with Gasteiger partial charge >= 0.3 is 0 Å². The zero-order chi connectivity index (χ0) is 17.1. The predicted octanol–water partition coefficient (Wildman–Crippen LogP) is 2.87. The summed E-state index contributed by atoms with van der Waals surface area (Å²) in [5.74, 6) is -0.412. The van der Waals surface area contributed by atoms with E-state index in [1.165, 1.54) is 0 Å². The van der Waals surface area contributed by atoms with E-state index >= 15 is 0 Å². The number of fused-ring (bicyclic) bond motifs is 1. The number of aromatic amines is 1. The summed E-state index contributed by atoms with van der Waals surface area (Å²) in [6.45, 7) is 4.30. The molecule has 2 aromatic carbocycles. The van der Waals surface area contributed by atoms with E-state index < -0.39 is 0 Å². The molecule has 0 atom stereocenters. The molecule has 0 aliphatic heterocycles. The number of carbonyl (C=O) groups excluding carboxylic acids is 2. The SMILES string of the molecule is CCNC(=O)c1ccc(C)c(NC(=O)c2cccc3cn[nH]c23)c1. The molecule has 0 saturated heterocycles. The van der Waals surface area contributed by atoms with Crippen molar-refractivity contribution in [1.29, 1.82) is 0 Å². The molecule has 3 aromatic rings. The summed E-state index contributed by atoms with van der Waals surface area (Å²) in [6.07, 6.45) is 1.67. The zero-order valence-electron chi connectivity index (χ0n) is 13.5. The molecular weight excluding hydrogens is 304 g/mol. The zero-order valence-corrected chi connectivity index (χ0v) is 13.5. The molecule has 1 aromatic heterocycles. The number of anilines is 1. The molecule has 0 aliphatic rings. The van der Waals surface area contributed by atoms with Crippen LogP contribution in [0.5, 0.6) is 0 Å². The van der Waals surface area contributed by atoms with Gasteiger partial charge in [-0.1, -0.05) is 18.2 Å². The van der Waals surface area contributed by atoms with Crippen molar-refractivity contribution in [3.8, 4) is 0 Å². The number of rotatable bonds is 4. The van der Waals surface area contributed by atoms with Crippen LogP contribution in [-0.2, 0) is 0 Å². The second kappa shape index (κ2) is 6.54. The number of nitrogens with zero attached hydrogens (tertiary/aromatic N) is 1. The number of para-hydroxylation sites is 1. The maximum Gasteiger partial charge on any atom is 0.257 e. The fourth-order valence-corrected chi connectivity index (χ4v) is 2.51. The number of carbonyl (C=O) groups is 2. The molecule has 3 N–H and O–H groups in total. The number of amides is 2. The molecule has 6 heteroatoms. The first-order valence-corrected chi connectivity index (χ1v) is 7.72. The third-order valence-electron chi connectivity index (χ3n) is 3.81. The first-order valence-electron chi connectivity index (χ1n) is 7.72. The van der Waals surface area contributed by atoms with Gasteiger partial charge in [-0.3, -0.25) is 14.7 Å². The normalized spacial score (nSPS) is 10.6. The maximum absolute atomic E-state index is 12.6. The number of H-pyrrole nitrogens is 1. The van der Waals surface area contributed by atoms with Crippen molar-refractivity contribution < 1.29 is 9.59 Å². The number of hydrogen-bond donors (Lipinski definition) is 3. The molecule has 3 rings (SSSR count). The van der Waals surface area contributed by atoms with E-state index in [4.69, 9.17) is 0 Å². The van der Waals surface area contributed by atoms with Crippen molar-refractivity contribution in [2.24, 2.45) is 0 Å². The van der Waals surface area contributed by atoms with Gasteiger partial charge in [-0.15, -0.1) is 0 Å². The average molecular weight is 322 g/mol. The van der Waals surface area contributed by atoms with Crippen LogP contribution >= 0.6 is 0 Å². The van der Waals surface area contributed by atoms with Crippen LogP contribution in [0, 0.1) is 6.92 Å². The Balaban J connectivity index is 1.90. The van der Waals surface area contributed by atoms with E-state index in [1.54, 1.807) is 24.4 Å². The summed E-state index contributed by atoms with van der Waals surface area (Å²) in [4.78, 5) is 24.6. The van der Waals surface area contributed by atoms with Gasteiger partial charge in [-0.2, -0.15) is 5.10 Å². The molecule has 0 unspecified atom stereocenters. The van der Waals surface area contributed by atoms with Gasteiger partial charge in [0.15, 0.2) is 0 Å². The van der Waals surface area contributed by atoms with Gasteiger partial charge in [-0.25, -0.2) is 0 Å². The van der Waals surface area contributed by atoms with Crippen LogP contribution in [0.25, 0.3) is 10.9 Å². The first kappa shape index (κ1) is 15.7. The molecule has 24 heavy (non-hydrogen) atoms. The van der Waals surface area contributed by atoms with Gasteiger partial charge in [-0.05, 0) is 37.6 Å². The number of nitrogens with one attached hydrogen (secondary N) is 3. The van der Waals surface area contributed by atoms with Crippen LogP contribution in [0.1, 0.15) is 33.2 Å². The standard InChI is InChI=1S/C18H18N4O2/c1-3-19-17(23)12-8-7-11(2)15(9-12)21-18(24)14-6-4-5-13-10-20-22-16(13)14/h4-10H,3H2,1-2H3,(H,19,23)(H,20,22)(H,21,24). The quantitative estimate of drug-likeness (QED) is 0.690. The highest BCUT2D eigenvalue weighted by molar-refractivity contribution is 6.12. The number of benzene rings is 2. The van der Waals surface area contributed by atoms with E-state index in [0.717, 1.165) is 10.9 Å². The molecular formula is C18H18N4O2. The lowest BCUT2D eigenvalue weighted by atomic mass is 10.1. The highest BCUT2D eigenvalue weighted by Crippen LogP contribution is 2.21. The van der Waals surface area contributed by atoms with Crippen LogP contribution in [0.4, 0.5) is 5.69 Å². The van der Waals surface area contributed by atoms with Gasteiger partial charge in [0.2, 0.25) is 0 Å². The minimum atomic E-state index is -0.249. The number of aromatic nitrogens is 2. The number of aryl methyl sites for hydroxylation is 1. The average Bonchev–Trinajstić information content (AvgIpc) is 3.05. The van der Waals surface area contributed by atoms with Crippen LogP contribution < -0.4 is 10.6 Å². The molecule has 0 bridgehead atoms. The van der Waals surface area contributed by atoms with Crippen molar-refractivity contribution in [2.45, 2.75) is 13.8 Å². The van der Waals surface area contributed by atoms with Crippen LogP contribution in [0.2, 0.25) is 0 Å². The number of hydrogen-bond acceptors (Lipinski definition) is 3. The molecule has 0 fully saturated rings. The van der Waals surface area contributed by atoms with Crippen LogP contribution in [0.3, 0.4) is 0 Å². The molecule has 122 valence electrons. The largest absolute Gasteiger partial charge is 0.352 e. The Labute approximate surface area is 139 Å². The van der Waals surface area contributed by atoms with Gasteiger partial charge in [0, 0.05) is 23.2 Å². The third kappa shape index (κ3) is 2.99. The summed E-state index contributed by atoms with van der Waals surface area (Å²) < 4.78 is 0.